The molecule has 6 nitrogen and oxygen atoms in total. The van der Waals surface area contributed by atoms with Crippen molar-refractivity contribution < 1.29 is 0 Å². The third kappa shape index (κ3) is 1.64. The van der Waals surface area contributed by atoms with Crippen LogP contribution >= 0.6 is 0 Å². The molecule has 1 aliphatic heterocycles. The number of aromatic nitrogens is 4. The van der Waals surface area contributed by atoms with Crippen LogP contribution in [-0.2, 0) is 0 Å². The summed E-state index contributed by atoms with van der Waals surface area (Å²) in [5, 5.41) is 11.7. The lowest BCUT2D eigenvalue weighted by Crippen LogP contribution is -2.34. The maximum absolute atomic E-state index is 4.44. The zero-order valence-corrected chi connectivity index (χ0v) is 10.1. The largest absolute Gasteiger partial charge is 0.352 e. The Morgan fingerprint density at radius 2 is 2.35 bits per heavy atom. The van der Waals surface area contributed by atoms with E-state index in [1.165, 1.54) is 0 Å². The number of fused-ring (bicyclic) bond motifs is 1. The number of hydrogen-bond acceptors (Lipinski definition) is 5. The fourth-order valence-corrected chi connectivity index (χ4v) is 2.32. The molecule has 2 aromatic heterocycles. The molecule has 3 rings (SSSR count). The van der Waals surface area contributed by atoms with Crippen molar-refractivity contribution >= 4 is 11.5 Å². The maximum atomic E-state index is 4.44. The van der Waals surface area contributed by atoms with Gasteiger partial charge in [0, 0.05) is 32.0 Å². The summed E-state index contributed by atoms with van der Waals surface area (Å²) >= 11 is 0. The Morgan fingerprint density at radius 1 is 1.47 bits per heavy atom. The van der Waals surface area contributed by atoms with Crippen LogP contribution in [0.2, 0.25) is 0 Å². The molecule has 0 bridgehead atoms. The van der Waals surface area contributed by atoms with E-state index in [9.17, 15) is 0 Å². The number of hydrogen-bond donors (Lipinski definition) is 1. The third-order valence-electron chi connectivity index (χ3n) is 3.39. The van der Waals surface area contributed by atoms with Crippen molar-refractivity contribution in [3.63, 3.8) is 0 Å². The summed E-state index contributed by atoms with van der Waals surface area (Å²) in [6.45, 7) is 4.02. The number of aryl methyl sites for hydroxylation is 1. The van der Waals surface area contributed by atoms with Gasteiger partial charge in [0.25, 0.3) is 0 Å². The van der Waals surface area contributed by atoms with Crippen LogP contribution in [0.25, 0.3) is 5.65 Å². The van der Waals surface area contributed by atoms with Gasteiger partial charge in [0.2, 0.25) is 5.65 Å². The molecule has 2 aromatic rings. The number of rotatable bonds is 2. The molecule has 90 valence electrons. The van der Waals surface area contributed by atoms with E-state index in [1.807, 2.05) is 17.5 Å². The smallest absolute Gasteiger partial charge is 0.203 e. The summed E-state index contributed by atoms with van der Waals surface area (Å²) in [5.41, 5.74) is 0.833. The molecule has 1 N–H and O–H groups in total. The maximum Gasteiger partial charge on any atom is 0.203 e. The van der Waals surface area contributed by atoms with Crippen molar-refractivity contribution in [2.75, 3.05) is 25.0 Å². The molecule has 17 heavy (non-hydrogen) atoms. The second-order valence-corrected chi connectivity index (χ2v) is 4.45. The van der Waals surface area contributed by atoms with E-state index in [4.69, 9.17) is 0 Å². The molecule has 1 atom stereocenters. The lowest BCUT2D eigenvalue weighted by atomic mass is 10.2. The van der Waals surface area contributed by atoms with Crippen LogP contribution < -0.4 is 10.2 Å². The normalized spacial score (nSPS) is 20.0. The standard InChI is InChI=1S/C11H16N6/c1-8-14-15-11-10(13-5-6-17(8)11)16(2)9-3-4-12-7-9/h5-6,9,12H,3-4,7H2,1-2H3. The molecule has 0 radical (unpaired) electrons. The monoisotopic (exact) mass is 232 g/mol. The summed E-state index contributed by atoms with van der Waals surface area (Å²) in [4.78, 5) is 6.64. The minimum Gasteiger partial charge on any atom is -0.352 e. The Bertz CT molecular complexity index is 528. The molecular formula is C11H16N6. The van der Waals surface area contributed by atoms with Gasteiger partial charge in [0.15, 0.2) is 5.82 Å². The zero-order chi connectivity index (χ0) is 11.8. The molecule has 1 saturated heterocycles. The third-order valence-corrected chi connectivity index (χ3v) is 3.39. The van der Waals surface area contributed by atoms with E-state index in [0.717, 1.165) is 36.8 Å². The van der Waals surface area contributed by atoms with Crippen molar-refractivity contribution in [3.8, 4) is 0 Å². The highest BCUT2D eigenvalue weighted by atomic mass is 15.3. The van der Waals surface area contributed by atoms with Gasteiger partial charge in [-0.25, -0.2) is 4.98 Å². The van der Waals surface area contributed by atoms with E-state index in [-0.39, 0.29) is 0 Å². The molecule has 1 aliphatic rings. The predicted molar refractivity (Wildman–Crippen MR) is 65.2 cm³/mol. The first-order chi connectivity index (χ1) is 8.27. The Labute approximate surface area is 99.7 Å². The van der Waals surface area contributed by atoms with Crippen molar-refractivity contribution in [1.82, 2.24) is 24.9 Å². The SMILES string of the molecule is Cc1nnc2c(N(C)C3CCNC3)nccn12. The van der Waals surface area contributed by atoms with Gasteiger partial charge in [-0.1, -0.05) is 0 Å². The highest BCUT2D eigenvalue weighted by Crippen LogP contribution is 2.20. The summed E-state index contributed by atoms with van der Waals surface area (Å²) < 4.78 is 1.97. The highest BCUT2D eigenvalue weighted by molar-refractivity contribution is 5.63. The second-order valence-electron chi connectivity index (χ2n) is 4.45. The molecule has 0 saturated carbocycles. The van der Waals surface area contributed by atoms with Crippen LogP contribution in [0.5, 0.6) is 0 Å². The zero-order valence-electron chi connectivity index (χ0n) is 10.1. The van der Waals surface area contributed by atoms with Gasteiger partial charge >= 0.3 is 0 Å². The van der Waals surface area contributed by atoms with E-state index < -0.39 is 0 Å². The lowest BCUT2D eigenvalue weighted by Gasteiger charge is -2.24. The van der Waals surface area contributed by atoms with Crippen LogP contribution in [-0.4, -0.2) is 45.8 Å². The molecule has 1 fully saturated rings. The number of nitrogens with one attached hydrogen (secondary N) is 1. The quantitative estimate of drug-likeness (QED) is 0.803. The molecule has 6 heteroatoms. The number of anilines is 1. The number of nitrogens with zero attached hydrogens (tertiary/aromatic N) is 5. The summed E-state index contributed by atoms with van der Waals surface area (Å²) in [5.74, 6) is 1.79. The number of likely N-dealkylation sites (N-methyl/N-ethyl adjacent to an activating group) is 1. The van der Waals surface area contributed by atoms with Gasteiger partial charge in [-0.05, 0) is 19.9 Å². The first-order valence-electron chi connectivity index (χ1n) is 5.87. The first-order valence-corrected chi connectivity index (χ1v) is 5.87. The molecule has 1 unspecified atom stereocenters. The average Bonchev–Trinajstić information content (AvgIpc) is 2.98. The van der Waals surface area contributed by atoms with Gasteiger partial charge in [0.1, 0.15) is 5.82 Å². The Morgan fingerprint density at radius 3 is 3.12 bits per heavy atom. The van der Waals surface area contributed by atoms with Crippen molar-refractivity contribution in [2.45, 2.75) is 19.4 Å². The molecule has 0 amide bonds. The van der Waals surface area contributed by atoms with Gasteiger partial charge in [-0.3, -0.25) is 4.40 Å². The fraction of sp³-hybridized carbons (Fsp3) is 0.545. The van der Waals surface area contributed by atoms with Crippen LogP contribution in [0.3, 0.4) is 0 Å². The fourth-order valence-electron chi connectivity index (χ4n) is 2.32. The summed E-state index contributed by atoms with van der Waals surface area (Å²) in [6.07, 6.45) is 4.85. The van der Waals surface area contributed by atoms with Crippen LogP contribution in [0.15, 0.2) is 12.4 Å². The summed E-state index contributed by atoms with van der Waals surface area (Å²) in [6, 6.07) is 0.491. The van der Waals surface area contributed by atoms with Crippen LogP contribution in [0.4, 0.5) is 5.82 Å². The lowest BCUT2D eigenvalue weighted by molar-refractivity contribution is 0.677. The first kappa shape index (κ1) is 10.5. The van der Waals surface area contributed by atoms with Gasteiger partial charge in [-0.2, -0.15) is 0 Å². The minimum absolute atomic E-state index is 0.491. The topological polar surface area (TPSA) is 58.4 Å². The van der Waals surface area contributed by atoms with Gasteiger partial charge in [0.05, 0.1) is 0 Å². The Balaban J connectivity index is 2.04. The van der Waals surface area contributed by atoms with Crippen molar-refractivity contribution in [2.24, 2.45) is 0 Å². The summed E-state index contributed by atoms with van der Waals surface area (Å²) in [7, 11) is 2.07. The predicted octanol–water partition coefficient (Wildman–Crippen LogP) is 0.231. The van der Waals surface area contributed by atoms with E-state index in [1.54, 1.807) is 6.20 Å². The van der Waals surface area contributed by atoms with E-state index in [0.29, 0.717) is 6.04 Å². The van der Waals surface area contributed by atoms with Crippen LogP contribution in [0.1, 0.15) is 12.2 Å². The van der Waals surface area contributed by atoms with Gasteiger partial charge < -0.3 is 10.2 Å². The Kier molecular flexibility index (Phi) is 2.44. The van der Waals surface area contributed by atoms with E-state index >= 15 is 0 Å². The van der Waals surface area contributed by atoms with Crippen LogP contribution in [0, 0.1) is 6.92 Å². The van der Waals surface area contributed by atoms with E-state index in [2.05, 4.69) is 32.4 Å². The molecular weight excluding hydrogens is 216 g/mol. The Hall–Kier alpha value is -1.69. The molecule has 0 aromatic carbocycles. The van der Waals surface area contributed by atoms with Gasteiger partial charge in [-0.15, -0.1) is 10.2 Å². The second kappa shape index (κ2) is 3.96. The van der Waals surface area contributed by atoms with Crippen molar-refractivity contribution in [3.05, 3.63) is 18.2 Å². The average molecular weight is 232 g/mol. The molecule has 0 spiro atoms. The molecule has 0 aliphatic carbocycles. The van der Waals surface area contributed by atoms with Crippen molar-refractivity contribution in [1.29, 1.82) is 0 Å². The molecule has 3 heterocycles. The highest BCUT2D eigenvalue weighted by Gasteiger charge is 2.22. The minimum atomic E-state index is 0.491.